The van der Waals surface area contributed by atoms with Gasteiger partial charge < -0.3 is 20.5 Å². The zero-order chi connectivity index (χ0) is 28.2. The molecule has 3 N–H and O–H groups in total. The van der Waals surface area contributed by atoms with E-state index in [4.69, 9.17) is 11.6 Å². The molecule has 4 heterocycles. The SMILES string of the molecule is Cn1c(-c2cn(-c3ncccn3)nc2C(F)(F)F)cnc1C(=O)Nc1ccc(C(=O)NC2[C@H]3CNC[C@@H]23)c(Cl)c1. The third kappa shape index (κ3) is 4.69. The number of benzene rings is 1. The predicted octanol–water partition coefficient (Wildman–Crippen LogP) is 2.93. The number of rotatable bonds is 6. The van der Waals surface area contributed by atoms with Crippen molar-refractivity contribution in [2.24, 2.45) is 18.9 Å². The number of anilines is 1. The maximum Gasteiger partial charge on any atom is 0.435 e. The molecule has 1 aliphatic carbocycles. The number of alkyl halides is 3. The van der Waals surface area contributed by atoms with Crippen LogP contribution in [0.5, 0.6) is 0 Å². The molecule has 0 radical (unpaired) electrons. The summed E-state index contributed by atoms with van der Waals surface area (Å²) in [5.74, 6) is -0.302. The second-order valence-corrected chi connectivity index (χ2v) is 9.95. The van der Waals surface area contributed by atoms with Crippen molar-refractivity contribution in [2.45, 2.75) is 12.2 Å². The molecule has 6 rings (SSSR count). The fourth-order valence-electron chi connectivity index (χ4n) is 4.98. The van der Waals surface area contributed by atoms with Crippen LogP contribution in [-0.2, 0) is 13.2 Å². The zero-order valence-electron chi connectivity index (χ0n) is 20.8. The molecule has 0 bridgehead atoms. The van der Waals surface area contributed by atoms with Gasteiger partial charge >= 0.3 is 6.18 Å². The van der Waals surface area contributed by atoms with Crippen LogP contribution >= 0.6 is 11.6 Å². The molecular formula is C25H21ClF3N9O2. The fraction of sp³-hybridized carbons (Fsp3) is 0.280. The summed E-state index contributed by atoms with van der Waals surface area (Å²) in [6, 6.07) is 6.11. The molecule has 2 aliphatic rings. The quantitative estimate of drug-likeness (QED) is 0.324. The van der Waals surface area contributed by atoms with E-state index in [1.807, 2.05) is 0 Å². The van der Waals surface area contributed by atoms with Crippen LogP contribution in [0.1, 0.15) is 26.7 Å². The van der Waals surface area contributed by atoms with E-state index in [1.165, 1.54) is 48.3 Å². The molecule has 1 saturated heterocycles. The highest BCUT2D eigenvalue weighted by Gasteiger charge is 2.53. The first kappa shape index (κ1) is 26.0. The van der Waals surface area contributed by atoms with Crippen molar-refractivity contribution in [3.63, 3.8) is 0 Å². The topological polar surface area (TPSA) is 132 Å². The summed E-state index contributed by atoms with van der Waals surface area (Å²) >= 11 is 6.34. The number of nitrogens with zero attached hydrogens (tertiary/aromatic N) is 6. The Hall–Kier alpha value is -4.30. The van der Waals surface area contributed by atoms with Crippen LogP contribution in [0.25, 0.3) is 17.2 Å². The highest BCUT2D eigenvalue weighted by atomic mass is 35.5. The van der Waals surface area contributed by atoms with Crippen molar-refractivity contribution in [3.8, 4) is 17.2 Å². The number of carbonyl (C=O) groups excluding carboxylic acids is 2. The van der Waals surface area contributed by atoms with Gasteiger partial charge in [-0.3, -0.25) is 9.59 Å². The van der Waals surface area contributed by atoms with Crippen LogP contribution in [-0.4, -0.2) is 60.2 Å². The summed E-state index contributed by atoms with van der Waals surface area (Å²) in [5, 5.41) is 12.7. The summed E-state index contributed by atoms with van der Waals surface area (Å²) in [6.07, 6.45) is 0.252. The smallest absolute Gasteiger partial charge is 0.349 e. The summed E-state index contributed by atoms with van der Waals surface area (Å²) in [6.45, 7) is 1.76. The molecule has 4 aromatic rings. The Balaban J connectivity index is 1.21. The predicted molar refractivity (Wildman–Crippen MR) is 137 cm³/mol. The molecule has 3 atom stereocenters. The largest absolute Gasteiger partial charge is 0.435 e. The van der Waals surface area contributed by atoms with E-state index < -0.39 is 17.8 Å². The van der Waals surface area contributed by atoms with Crippen molar-refractivity contribution in [2.75, 3.05) is 18.4 Å². The Morgan fingerprint density at radius 3 is 2.50 bits per heavy atom. The Bertz CT molecular complexity index is 1610. The minimum absolute atomic E-state index is 0.00440. The van der Waals surface area contributed by atoms with Gasteiger partial charge in [-0.25, -0.2) is 19.6 Å². The second-order valence-electron chi connectivity index (χ2n) is 9.54. The lowest BCUT2D eigenvalue weighted by atomic mass is 10.2. The van der Waals surface area contributed by atoms with E-state index in [1.54, 1.807) is 0 Å². The highest BCUT2D eigenvalue weighted by molar-refractivity contribution is 6.34. The molecule has 2 amide bonds. The molecule has 206 valence electrons. The molecule has 0 spiro atoms. The number of hydrogen-bond acceptors (Lipinski definition) is 7. The van der Waals surface area contributed by atoms with Crippen LogP contribution in [0.15, 0.2) is 49.1 Å². The first-order valence-corrected chi connectivity index (χ1v) is 12.6. The third-order valence-electron chi connectivity index (χ3n) is 7.07. The summed E-state index contributed by atoms with van der Waals surface area (Å²) in [5.41, 5.74) is -0.918. The third-order valence-corrected chi connectivity index (χ3v) is 7.38. The monoisotopic (exact) mass is 571 g/mol. The van der Waals surface area contributed by atoms with Gasteiger partial charge in [0.2, 0.25) is 5.95 Å². The first-order chi connectivity index (χ1) is 19.1. The van der Waals surface area contributed by atoms with Crippen LogP contribution in [0.4, 0.5) is 18.9 Å². The van der Waals surface area contributed by atoms with Crippen molar-refractivity contribution < 1.29 is 22.8 Å². The number of carbonyl (C=O) groups is 2. The molecule has 40 heavy (non-hydrogen) atoms. The van der Waals surface area contributed by atoms with Gasteiger partial charge in [0.25, 0.3) is 11.8 Å². The Morgan fingerprint density at radius 1 is 1.10 bits per heavy atom. The number of fused-ring (bicyclic) bond motifs is 1. The lowest BCUT2D eigenvalue weighted by molar-refractivity contribution is -0.140. The van der Waals surface area contributed by atoms with E-state index in [0.29, 0.717) is 11.8 Å². The van der Waals surface area contributed by atoms with Crippen LogP contribution in [0.2, 0.25) is 5.02 Å². The van der Waals surface area contributed by atoms with Gasteiger partial charge in [0.15, 0.2) is 11.5 Å². The van der Waals surface area contributed by atoms with Crippen molar-refractivity contribution in [1.82, 2.24) is 39.9 Å². The van der Waals surface area contributed by atoms with E-state index in [0.717, 1.165) is 30.2 Å². The van der Waals surface area contributed by atoms with Gasteiger partial charge in [0.05, 0.1) is 28.0 Å². The van der Waals surface area contributed by atoms with Crippen LogP contribution in [0, 0.1) is 11.8 Å². The number of aromatic nitrogens is 6. The molecule has 15 heteroatoms. The molecular weight excluding hydrogens is 551 g/mol. The van der Waals surface area contributed by atoms with Crippen LogP contribution < -0.4 is 16.0 Å². The van der Waals surface area contributed by atoms with Crippen molar-refractivity contribution in [1.29, 1.82) is 0 Å². The van der Waals surface area contributed by atoms with Gasteiger partial charge in [-0.05, 0) is 36.1 Å². The number of nitrogens with one attached hydrogen (secondary N) is 3. The number of amides is 2. The molecule has 3 aromatic heterocycles. The first-order valence-electron chi connectivity index (χ1n) is 12.2. The lowest BCUT2D eigenvalue weighted by Gasteiger charge is -2.11. The van der Waals surface area contributed by atoms with Gasteiger partial charge in [-0.1, -0.05) is 11.6 Å². The summed E-state index contributed by atoms with van der Waals surface area (Å²) < 4.78 is 43.7. The minimum Gasteiger partial charge on any atom is -0.349 e. The molecule has 1 unspecified atom stereocenters. The zero-order valence-corrected chi connectivity index (χ0v) is 21.5. The van der Waals surface area contributed by atoms with E-state index >= 15 is 0 Å². The maximum absolute atomic E-state index is 13.8. The van der Waals surface area contributed by atoms with Gasteiger partial charge in [0.1, 0.15) is 0 Å². The standard InChI is InChI=1S/C25H21ClF3N9O2/c1-37-18(16-11-38(24-31-5-2-6-32-24)36-20(16)25(27,28)29)10-33-21(37)23(40)34-12-3-4-13(17(26)7-12)22(39)35-19-14-8-30-9-15(14)19/h2-7,10-11,14-15,19,30H,8-9H2,1H3,(H,34,40)(H,35,39)/t14-,15+,19?. The number of imidazole rings is 1. The Labute approximate surface area is 229 Å². The number of halogens is 4. The minimum atomic E-state index is -4.79. The lowest BCUT2D eigenvalue weighted by Crippen LogP contribution is -2.32. The average molecular weight is 572 g/mol. The fourth-order valence-corrected chi connectivity index (χ4v) is 5.25. The van der Waals surface area contributed by atoms with Gasteiger partial charge in [-0.15, -0.1) is 0 Å². The Kier molecular flexibility index (Phi) is 6.30. The van der Waals surface area contributed by atoms with Crippen molar-refractivity contribution >= 4 is 29.1 Å². The van der Waals surface area contributed by atoms with E-state index in [-0.39, 0.29) is 51.3 Å². The van der Waals surface area contributed by atoms with Crippen molar-refractivity contribution in [3.05, 3.63) is 71.2 Å². The molecule has 1 aliphatic heterocycles. The van der Waals surface area contributed by atoms with E-state index in [2.05, 4.69) is 36.0 Å². The molecule has 11 nitrogen and oxygen atoms in total. The summed E-state index contributed by atoms with van der Waals surface area (Å²) in [4.78, 5) is 37.6. The molecule has 2 fully saturated rings. The van der Waals surface area contributed by atoms with E-state index in [9.17, 15) is 22.8 Å². The normalized spacial score (nSPS) is 19.8. The highest BCUT2D eigenvalue weighted by Crippen LogP contribution is 2.42. The summed E-state index contributed by atoms with van der Waals surface area (Å²) in [7, 11) is 1.41. The van der Waals surface area contributed by atoms with Crippen LogP contribution in [0.3, 0.4) is 0 Å². The number of piperidine rings is 1. The second kappa shape index (κ2) is 9.71. The Morgan fingerprint density at radius 2 is 1.82 bits per heavy atom. The van der Waals surface area contributed by atoms with Gasteiger partial charge in [-0.2, -0.15) is 18.3 Å². The molecule has 1 saturated carbocycles. The number of hydrogen-bond donors (Lipinski definition) is 3. The molecule has 1 aromatic carbocycles. The van der Waals surface area contributed by atoms with Gasteiger partial charge in [0, 0.05) is 50.5 Å². The maximum atomic E-state index is 13.8. The average Bonchev–Trinajstić information content (AvgIpc) is 3.37.